The first-order valence-corrected chi connectivity index (χ1v) is 9.14. The van der Waals surface area contributed by atoms with Crippen molar-refractivity contribution in [3.8, 4) is 0 Å². The van der Waals surface area contributed by atoms with E-state index in [4.69, 9.17) is 0 Å². The van der Waals surface area contributed by atoms with Crippen LogP contribution in [0, 0.1) is 5.92 Å². The van der Waals surface area contributed by atoms with Gasteiger partial charge in [-0.25, -0.2) is 4.79 Å². The minimum Gasteiger partial charge on any atom is -0.338 e. The number of amides is 2. The number of nitrogens with zero attached hydrogens (tertiary/aromatic N) is 2. The molecule has 0 aliphatic carbocycles. The highest BCUT2D eigenvalue weighted by Crippen LogP contribution is 2.42. The van der Waals surface area contributed by atoms with Crippen LogP contribution in [0.5, 0.6) is 0 Å². The minimum absolute atomic E-state index is 0.139. The lowest BCUT2D eigenvalue weighted by Gasteiger charge is -2.52. The summed E-state index contributed by atoms with van der Waals surface area (Å²) < 4.78 is 0. The molecule has 2 saturated heterocycles. The van der Waals surface area contributed by atoms with E-state index in [9.17, 15) is 4.79 Å². The molecule has 1 aromatic carbocycles. The molecule has 0 spiro atoms. The van der Waals surface area contributed by atoms with Crippen molar-refractivity contribution in [2.45, 2.75) is 44.7 Å². The van der Waals surface area contributed by atoms with Gasteiger partial charge in [0.25, 0.3) is 0 Å². The number of rotatable bonds is 1. The average Bonchev–Trinajstić information content (AvgIpc) is 2.59. The van der Waals surface area contributed by atoms with Gasteiger partial charge >= 0.3 is 6.03 Å². The van der Waals surface area contributed by atoms with E-state index in [1.165, 1.54) is 30.5 Å². The quantitative estimate of drug-likeness (QED) is 0.865. The Morgan fingerprint density at radius 3 is 3.04 bits per heavy atom. The van der Waals surface area contributed by atoms with Crippen LogP contribution < -0.4 is 5.32 Å². The number of piperidine rings is 2. The van der Waals surface area contributed by atoms with E-state index in [-0.39, 0.29) is 6.03 Å². The summed E-state index contributed by atoms with van der Waals surface area (Å²) >= 11 is 0. The van der Waals surface area contributed by atoms with Crippen LogP contribution in [0.25, 0.3) is 0 Å². The predicted molar refractivity (Wildman–Crippen MR) is 91.4 cm³/mol. The van der Waals surface area contributed by atoms with E-state index in [1.807, 2.05) is 6.92 Å². The van der Waals surface area contributed by atoms with Crippen molar-refractivity contribution in [1.29, 1.82) is 0 Å². The summed E-state index contributed by atoms with van der Waals surface area (Å²) in [5, 5.41) is 3.01. The predicted octanol–water partition coefficient (Wildman–Crippen LogP) is 2.80. The number of fused-ring (bicyclic) bond motifs is 4. The molecule has 2 amide bonds. The van der Waals surface area contributed by atoms with Gasteiger partial charge in [0.15, 0.2) is 0 Å². The standard InChI is InChI=1S/C19H27N3O/c1-2-20-19(23)22-10-5-7-15-13-21-11-9-14-6-3-4-8-16(14)18(21)12-17(15)22/h3-4,6,8,15,17-18H,2,5,7,9-13H2,1H3,(H,20,23). The van der Waals surface area contributed by atoms with Crippen LogP contribution in [0.2, 0.25) is 0 Å². The van der Waals surface area contributed by atoms with Crippen LogP contribution >= 0.6 is 0 Å². The molecular formula is C19H27N3O. The summed E-state index contributed by atoms with van der Waals surface area (Å²) in [6, 6.07) is 9.93. The summed E-state index contributed by atoms with van der Waals surface area (Å²) in [7, 11) is 0. The number of likely N-dealkylation sites (tertiary alicyclic amines) is 1. The smallest absolute Gasteiger partial charge is 0.317 e. The Kier molecular flexibility index (Phi) is 4.02. The minimum atomic E-state index is 0.139. The number of benzene rings is 1. The molecule has 3 heterocycles. The van der Waals surface area contributed by atoms with Gasteiger partial charge < -0.3 is 10.2 Å². The maximum Gasteiger partial charge on any atom is 0.317 e. The van der Waals surface area contributed by atoms with Crippen LogP contribution in [0.3, 0.4) is 0 Å². The third kappa shape index (κ3) is 2.63. The maximum absolute atomic E-state index is 12.5. The van der Waals surface area contributed by atoms with Crippen LogP contribution in [-0.2, 0) is 6.42 Å². The number of hydrogen-bond donors (Lipinski definition) is 1. The Labute approximate surface area is 138 Å². The molecule has 0 aromatic heterocycles. The fourth-order valence-corrected chi connectivity index (χ4v) is 4.90. The largest absolute Gasteiger partial charge is 0.338 e. The molecule has 4 heteroatoms. The summed E-state index contributed by atoms with van der Waals surface area (Å²) in [5.74, 6) is 0.646. The number of urea groups is 1. The molecule has 4 rings (SSSR count). The first-order chi connectivity index (χ1) is 11.3. The van der Waals surface area contributed by atoms with E-state index < -0.39 is 0 Å². The summed E-state index contributed by atoms with van der Waals surface area (Å²) in [6.45, 7) is 5.96. The van der Waals surface area contributed by atoms with E-state index in [0.717, 1.165) is 25.9 Å². The van der Waals surface area contributed by atoms with Crippen molar-refractivity contribution in [3.63, 3.8) is 0 Å². The van der Waals surface area contributed by atoms with Crippen LogP contribution in [-0.4, -0.2) is 48.1 Å². The van der Waals surface area contributed by atoms with Gasteiger partial charge in [0, 0.05) is 38.3 Å². The lowest BCUT2D eigenvalue weighted by atomic mass is 9.77. The van der Waals surface area contributed by atoms with Crippen molar-refractivity contribution in [1.82, 2.24) is 15.1 Å². The fourth-order valence-electron chi connectivity index (χ4n) is 4.90. The zero-order valence-electron chi connectivity index (χ0n) is 14.0. The summed E-state index contributed by atoms with van der Waals surface area (Å²) in [4.78, 5) is 17.3. The highest BCUT2D eigenvalue weighted by molar-refractivity contribution is 5.74. The molecule has 0 saturated carbocycles. The Hall–Kier alpha value is -1.55. The van der Waals surface area contributed by atoms with Crippen LogP contribution in [0.1, 0.15) is 43.4 Å². The van der Waals surface area contributed by atoms with Gasteiger partial charge in [-0.15, -0.1) is 0 Å². The molecule has 3 atom stereocenters. The fraction of sp³-hybridized carbons (Fsp3) is 0.632. The van der Waals surface area contributed by atoms with E-state index in [2.05, 4.69) is 39.4 Å². The molecule has 0 radical (unpaired) electrons. The Bertz CT molecular complexity index is 588. The third-order valence-electron chi connectivity index (χ3n) is 5.96. The Morgan fingerprint density at radius 2 is 2.17 bits per heavy atom. The molecule has 124 valence electrons. The first kappa shape index (κ1) is 15.0. The maximum atomic E-state index is 12.5. The monoisotopic (exact) mass is 313 g/mol. The third-order valence-corrected chi connectivity index (χ3v) is 5.96. The molecule has 3 aliphatic heterocycles. The second kappa shape index (κ2) is 6.16. The summed E-state index contributed by atoms with van der Waals surface area (Å²) in [5.41, 5.74) is 3.01. The SMILES string of the molecule is CCNC(=O)N1CCCC2CN3CCc4ccccc4C3CC21. The first-order valence-electron chi connectivity index (χ1n) is 9.14. The average molecular weight is 313 g/mol. The zero-order valence-corrected chi connectivity index (χ0v) is 14.0. The van der Waals surface area contributed by atoms with Crippen molar-refractivity contribution in [2.75, 3.05) is 26.2 Å². The molecule has 1 aromatic rings. The van der Waals surface area contributed by atoms with Crippen molar-refractivity contribution in [2.24, 2.45) is 5.92 Å². The Morgan fingerprint density at radius 1 is 1.30 bits per heavy atom. The molecule has 3 aliphatic rings. The zero-order chi connectivity index (χ0) is 15.8. The number of carbonyl (C=O) groups is 1. The summed E-state index contributed by atoms with van der Waals surface area (Å²) in [6.07, 6.45) is 4.68. The number of nitrogens with one attached hydrogen (secondary N) is 1. The lowest BCUT2D eigenvalue weighted by Crippen LogP contribution is -2.59. The van der Waals surface area contributed by atoms with Gasteiger partial charge in [0.05, 0.1) is 0 Å². The topological polar surface area (TPSA) is 35.6 Å². The van der Waals surface area contributed by atoms with Crippen LogP contribution in [0.4, 0.5) is 4.79 Å². The van der Waals surface area contributed by atoms with E-state index in [1.54, 1.807) is 0 Å². The number of carbonyl (C=O) groups excluding carboxylic acids is 1. The molecule has 0 bridgehead atoms. The van der Waals surface area contributed by atoms with Crippen LogP contribution in [0.15, 0.2) is 24.3 Å². The normalized spacial score (nSPS) is 30.1. The molecule has 23 heavy (non-hydrogen) atoms. The molecule has 4 nitrogen and oxygen atoms in total. The van der Waals surface area contributed by atoms with Gasteiger partial charge in [-0.3, -0.25) is 4.90 Å². The second-order valence-electron chi connectivity index (χ2n) is 7.19. The van der Waals surface area contributed by atoms with Gasteiger partial charge in [-0.2, -0.15) is 0 Å². The van der Waals surface area contributed by atoms with Crippen molar-refractivity contribution in [3.05, 3.63) is 35.4 Å². The van der Waals surface area contributed by atoms with Gasteiger partial charge in [0.1, 0.15) is 0 Å². The van der Waals surface area contributed by atoms with E-state index in [0.29, 0.717) is 24.5 Å². The number of hydrogen-bond acceptors (Lipinski definition) is 2. The van der Waals surface area contributed by atoms with Crippen molar-refractivity contribution >= 4 is 6.03 Å². The Balaban J connectivity index is 1.60. The van der Waals surface area contributed by atoms with Gasteiger partial charge in [-0.1, -0.05) is 24.3 Å². The van der Waals surface area contributed by atoms with Crippen molar-refractivity contribution < 1.29 is 4.79 Å². The van der Waals surface area contributed by atoms with Gasteiger partial charge in [0.2, 0.25) is 0 Å². The molecule has 1 N–H and O–H groups in total. The van der Waals surface area contributed by atoms with E-state index >= 15 is 0 Å². The van der Waals surface area contributed by atoms with Gasteiger partial charge in [-0.05, 0) is 49.7 Å². The highest BCUT2D eigenvalue weighted by Gasteiger charge is 2.43. The lowest BCUT2D eigenvalue weighted by molar-refractivity contribution is 0.00584. The second-order valence-corrected chi connectivity index (χ2v) is 7.19. The highest BCUT2D eigenvalue weighted by atomic mass is 16.2. The molecule has 3 unspecified atom stereocenters. The molecular weight excluding hydrogens is 286 g/mol. The molecule has 2 fully saturated rings.